The van der Waals surface area contributed by atoms with Gasteiger partial charge in [-0.05, 0) is 37.1 Å². The summed E-state index contributed by atoms with van der Waals surface area (Å²) in [7, 11) is 0. The van der Waals surface area contributed by atoms with Crippen LogP contribution < -0.4 is 5.32 Å². The molecule has 2 aromatic rings. The van der Waals surface area contributed by atoms with Crippen molar-refractivity contribution in [2.75, 3.05) is 13.1 Å². The van der Waals surface area contributed by atoms with Crippen LogP contribution in [-0.4, -0.2) is 45.6 Å². The molecule has 0 bridgehead atoms. The normalized spacial score (nSPS) is 17.7. The van der Waals surface area contributed by atoms with E-state index >= 15 is 0 Å². The van der Waals surface area contributed by atoms with Gasteiger partial charge in [-0.1, -0.05) is 29.8 Å². The third-order valence-electron chi connectivity index (χ3n) is 4.46. The molecule has 1 aromatic carbocycles. The number of carbonyl (C=O) groups excluding carboxylic acids is 2. The second-order valence-electron chi connectivity index (χ2n) is 6.51. The number of nitrogens with one attached hydrogen (secondary N) is 1. The maximum absolute atomic E-state index is 13.1. The number of hydrogen-bond donors (Lipinski definition) is 1. The summed E-state index contributed by atoms with van der Waals surface area (Å²) >= 11 is 3.41. The molecule has 2 amide bonds. The van der Waals surface area contributed by atoms with Crippen molar-refractivity contribution in [3.63, 3.8) is 0 Å². The molecule has 0 saturated carbocycles. The van der Waals surface area contributed by atoms with Gasteiger partial charge >= 0.3 is 0 Å². The van der Waals surface area contributed by atoms with Gasteiger partial charge in [-0.3, -0.25) is 9.59 Å². The number of rotatable bonds is 3. The molecule has 1 fully saturated rings. The van der Waals surface area contributed by atoms with Gasteiger partial charge < -0.3 is 10.2 Å². The van der Waals surface area contributed by atoms with Crippen molar-refractivity contribution in [3.8, 4) is 5.69 Å². The maximum Gasteiger partial charge on any atom is 0.258 e. The minimum atomic E-state index is -0.448. The first-order valence-electron chi connectivity index (χ1n) is 8.29. The average Bonchev–Trinajstić information content (AvgIpc) is 2.96. The molecule has 1 N–H and O–H groups in total. The first-order valence-corrected chi connectivity index (χ1v) is 9.08. The average molecular weight is 405 g/mol. The summed E-state index contributed by atoms with van der Waals surface area (Å²) < 4.78 is 2.73. The molecule has 7 heteroatoms. The Hall–Kier alpha value is -2.15. The number of piperazine rings is 1. The number of hydrogen-bond acceptors (Lipinski definition) is 3. The smallest absolute Gasteiger partial charge is 0.258 e. The van der Waals surface area contributed by atoms with Gasteiger partial charge in [0.15, 0.2) is 0 Å². The fourth-order valence-corrected chi connectivity index (χ4v) is 3.46. The molecular weight excluding hydrogens is 384 g/mol. The second-order valence-corrected chi connectivity index (χ2v) is 7.43. The summed E-state index contributed by atoms with van der Waals surface area (Å²) in [5, 5.41) is 7.22. The highest BCUT2D eigenvalue weighted by Crippen LogP contribution is 2.21. The summed E-state index contributed by atoms with van der Waals surface area (Å²) in [5.74, 6) is -0.187. The third kappa shape index (κ3) is 3.33. The van der Waals surface area contributed by atoms with Gasteiger partial charge in [-0.25, -0.2) is 4.68 Å². The van der Waals surface area contributed by atoms with E-state index in [1.54, 1.807) is 15.8 Å². The van der Waals surface area contributed by atoms with Crippen LogP contribution in [0.2, 0.25) is 0 Å². The summed E-state index contributed by atoms with van der Waals surface area (Å²) in [6.07, 6.45) is 1.59. The first-order chi connectivity index (χ1) is 11.9. The van der Waals surface area contributed by atoms with Crippen LogP contribution in [0, 0.1) is 12.8 Å². The molecule has 3 rings (SSSR count). The zero-order chi connectivity index (χ0) is 18.1. The van der Waals surface area contributed by atoms with Crippen LogP contribution in [-0.2, 0) is 4.79 Å². The molecule has 0 spiro atoms. The molecule has 1 aliphatic heterocycles. The van der Waals surface area contributed by atoms with Crippen molar-refractivity contribution in [1.29, 1.82) is 0 Å². The van der Waals surface area contributed by atoms with Gasteiger partial charge in [0.1, 0.15) is 6.04 Å². The van der Waals surface area contributed by atoms with Gasteiger partial charge in [-0.2, -0.15) is 5.10 Å². The van der Waals surface area contributed by atoms with Crippen molar-refractivity contribution in [2.45, 2.75) is 26.8 Å². The van der Waals surface area contributed by atoms with Crippen LogP contribution in [0.15, 0.2) is 34.9 Å². The number of halogens is 1. The number of benzene rings is 1. The first kappa shape index (κ1) is 17.7. The monoisotopic (exact) mass is 404 g/mol. The van der Waals surface area contributed by atoms with E-state index in [1.807, 2.05) is 45.0 Å². The van der Waals surface area contributed by atoms with Gasteiger partial charge in [0.25, 0.3) is 5.91 Å². The van der Waals surface area contributed by atoms with Crippen LogP contribution >= 0.6 is 15.9 Å². The fraction of sp³-hybridized carbons (Fsp3) is 0.389. The van der Waals surface area contributed by atoms with E-state index < -0.39 is 6.04 Å². The number of amides is 2. The predicted molar refractivity (Wildman–Crippen MR) is 98.7 cm³/mol. The third-order valence-corrected chi connectivity index (χ3v) is 4.99. The number of nitrogens with zero attached hydrogens (tertiary/aromatic N) is 3. The van der Waals surface area contributed by atoms with Crippen molar-refractivity contribution in [2.24, 2.45) is 5.92 Å². The highest BCUT2D eigenvalue weighted by Gasteiger charge is 2.36. The van der Waals surface area contributed by atoms with Crippen molar-refractivity contribution in [3.05, 3.63) is 46.2 Å². The van der Waals surface area contributed by atoms with Crippen LogP contribution in [0.1, 0.15) is 29.9 Å². The van der Waals surface area contributed by atoms with Gasteiger partial charge in [-0.15, -0.1) is 0 Å². The topological polar surface area (TPSA) is 67.2 Å². The lowest BCUT2D eigenvalue weighted by molar-refractivity contribution is -0.129. The van der Waals surface area contributed by atoms with Crippen molar-refractivity contribution < 1.29 is 9.59 Å². The van der Waals surface area contributed by atoms with E-state index in [0.29, 0.717) is 18.7 Å². The SMILES string of the molecule is Cc1c(C(=O)N2CCNC(=O)C2C(C)C)cnn1-c1ccc(Br)cc1. The molecule has 0 aliphatic carbocycles. The lowest BCUT2D eigenvalue weighted by atomic mass is 9.98. The highest BCUT2D eigenvalue weighted by atomic mass is 79.9. The molecule has 2 heterocycles. The van der Waals surface area contributed by atoms with E-state index in [-0.39, 0.29) is 17.7 Å². The van der Waals surface area contributed by atoms with Gasteiger partial charge in [0.05, 0.1) is 23.1 Å². The van der Waals surface area contributed by atoms with E-state index in [2.05, 4.69) is 26.3 Å². The summed E-state index contributed by atoms with van der Waals surface area (Å²) in [4.78, 5) is 26.9. The maximum atomic E-state index is 13.1. The van der Waals surface area contributed by atoms with Crippen LogP contribution in [0.25, 0.3) is 5.69 Å². The molecule has 132 valence electrons. The molecule has 0 radical (unpaired) electrons. The minimum absolute atomic E-state index is 0.0473. The van der Waals surface area contributed by atoms with E-state index in [0.717, 1.165) is 15.9 Å². The summed E-state index contributed by atoms with van der Waals surface area (Å²) in [6.45, 7) is 6.77. The Morgan fingerprint density at radius 3 is 2.64 bits per heavy atom. The van der Waals surface area contributed by atoms with Crippen LogP contribution in [0.5, 0.6) is 0 Å². The molecular formula is C18H21BrN4O2. The Balaban J connectivity index is 1.92. The van der Waals surface area contributed by atoms with Crippen LogP contribution in [0.4, 0.5) is 0 Å². The largest absolute Gasteiger partial charge is 0.353 e. The minimum Gasteiger partial charge on any atom is -0.353 e. The Labute approximate surface area is 155 Å². The van der Waals surface area contributed by atoms with E-state index in [4.69, 9.17) is 0 Å². The van der Waals surface area contributed by atoms with Crippen molar-refractivity contribution >= 4 is 27.7 Å². The number of carbonyl (C=O) groups is 2. The Morgan fingerprint density at radius 2 is 2.00 bits per heavy atom. The predicted octanol–water partition coefficient (Wildman–Crippen LogP) is 2.54. The van der Waals surface area contributed by atoms with Crippen LogP contribution in [0.3, 0.4) is 0 Å². The molecule has 25 heavy (non-hydrogen) atoms. The molecule has 1 unspecified atom stereocenters. The molecule has 1 atom stereocenters. The zero-order valence-electron chi connectivity index (χ0n) is 14.5. The van der Waals surface area contributed by atoms with E-state index in [1.165, 1.54) is 0 Å². The molecule has 1 saturated heterocycles. The van der Waals surface area contributed by atoms with Gasteiger partial charge in [0, 0.05) is 17.6 Å². The highest BCUT2D eigenvalue weighted by molar-refractivity contribution is 9.10. The standard InChI is InChI=1S/C18H21BrN4O2/c1-11(2)16-17(24)20-8-9-22(16)18(25)15-10-21-23(12(15)3)14-6-4-13(19)5-7-14/h4-7,10-11,16H,8-9H2,1-3H3,(H,20,24). The second kappa shape index (κ2) is 7.00. The Morgan fingerprint density at radius 1 is 1.32 bits per heavy atom. The Kier molecular flexibility index (Phi) is 4.94. The fourth-order valence-electron chi connectivity index (χ4n) is 3.19. The quantitative estimate of drug-likeness (QED) is 0.854. The lowest BCUT2D eigenvalue weighted by Crippen LogP contribution is -2.59. The molecule has 6 nitrogen and oxygen atoms in total. The lowest BCUT2D eigenvalue weighted by Gasteiger charge is -2.37. The summed E-state index contributed by atoms with van der Waals surface area (Å²) in [6, 6.07) is 7.29. The molecule has 1 aromatic heterocycles. The molecule has 1 aliphatic rings. The van der Waals surface area contributed by atoms with Gasteiger partial charge in [0.2, 0.25) is 5.91 Å². The van der Waals surface area contributed by atoms with Crippen molar-refractivity contribution in [1.82, 2.24) is 20.0 Å². The Bertz CT molecular complexity index is 798. The zero-order valence-corrected chi connectivity index (χ0v) is 16.1. The van der Waals surface area contributed by atoms with E-state index in [9.17, 15) is 9.59 Å². The number of aromatic nitrogens is 2. The summed E-state index contributed by atoms with van der Waals surface area (Å²) in [5.41, 5.74) is 2.18.